The summed E-state index contributed by atoms with van der Waals surface area (Å²) in [7, 11) is 1.60. The van der Waals surface area contributed by atoms with Gasteiger partial charge in [-0.15, -0.1) is 0 Å². The number of methoxy groups -OCH3 is 1. The molecule has 0 unspecified atom stereocenters. The van der Waals surface area contributed by atoms with E-state index in [4.69, 9.17) is 9.47 Å². The van der Waals surface area contributed by atoms with Gasteiger partial charge < -0.3 is 19.7 Å². The van der Waals surface area contributed by atoms with E-state index >= 15 is 0 Å². The van der Waals surface area contributed by atoms with Crippen molar-refractivity contribution < 1.29 is 19.1 Å². The van der Waals surface area contributed by atoms with Gasteiger partial charge >= 0.3 is 0 Å². The van der Waals surface area contributed by atoms with Crippen LogP contribution >= 0.6 is 0 Å². The van der Waals surface area contributed by atoms with Gasteiger partial charge in [-0.05, 0) is 49.1 Å². The summed E-state index contributed by atoms with van der Waals surface area (Å²) in [5, 5.41) is 2.92. The quantitative estimate of drug-likeness (QED) is 0.580. The van der Waals surface area contributed by atoms with E-state index in [1.807, 2.05) is 44.2 Å². The van der Waals surface area contributed by atoms with Gasteiger partial charge in [0.05, 0.1) is 7.11 Å². The van der Waals surface area contributed by atoms with E-state index in [1.54, 1.807) is 36.3 Å². The fraction of sp³-hybridized carbons (Fsp3) is 0.417. The first-order valence-electron chi connectivity index (χ1n) is 10.5. The van der Waals surface area contributed by atoms with Gasteiger partial charge in [0.15, 0.2) is 6.61 Å². The number of benzene rings is 2. The third kappa shape index (κ3) is 7.10. The van der Waals surface area contributed by atoms with Crippen LogP contribution in [-0.4, -0.2) is 49.6 Å². The fourth-order valence-corrected chi connectivity index (χ4v) is 3.16. The van der Waals surface area contributed by atoms with Crippen LogP contribution in [0.4, 0.5) is 0 Å². The van der Waals surface area contributed by atoms with Gasteiger partial charge in [0, 0.05) is 13.1 Å². The van der Waals surface area contributed by atoms with Gasteiger partial charge in [-0.25, -0.2) is 0 Å². The molecule has 0 fully saturated rings. The second-order valence-corrected chi connectivity index (χ2v) is 7.00. The van der Waals surface area contributed by atoms with Crippen LogP contribution in [-0.2, 0) is 16.0 Å². The lowest BCUT2D eigenvalue weighted by molar-refractivity contribution is -0.142. The van der Waals surface area contributed by atoms with Crippen molar-refractivity contribution in [1.29, 1.82) is 0 Å². The highest BCUT2D eigenvalue weighted by molar-refractivity contribution is 5.88. The zero-order chi connectivity index (χ0) is 21.8. The Labute approximate surface area is 179 Å². The first-order chi connectivity index (χ1) is 14.6. The van der Waals surface area contributed by atoms with Crippen molar-refractivity contribution in [3.8, 4) is 11.5 Å². The number of hydrogen-bond donors (Lipinski definition) is 1. The molecule has 0 heterocycles. The molecule has 0 aliphatic carbocycles. The van der Waals surface area contributed by atoms with Crippen molar-refractivity contribution in [3.05, 3.63) is 60.2 Å². The molecule has 0 saturated carbocycles. The van der Waals surface area contributed by atoms with Crippen LogP contribution in [0, 0.1) is 0 Å². The Kier molecular flexibility index (Phi) is 9.71. The van der Waals surface area contributed by atoms with Crippen LogP contribution < -0.4 is 14.8 Å². The van der Waals surface area contributed by atoms with E-state index in [-0.39, 0.29) is 18.4 Å². The highest BCUT2D eigenvalue weighted by atomic mass is 16.5. The second-order valence-electron chi connectivity index (χ2n) is 7.00. The summed E-state index contributed by atoms with van der Waals surface area (Å²) in [4.78, 5) is 27.4. The summed E-state index contributed by atoms with van der Waals surface area (Å²) in [6, 6.07) is 16.5. The lowest BCUT2D eigenvalue weighted by Crippen LogP contribution is -2.51. The molecule has 0 saturated heterocycles. The molecule has 0 radical (unpaired) electrons. The number of nitrogens with one attached hydrogen (secondary N) is 1. The van der Waals surface area contributed by atoms with Crippen molar-refractivity contribution in [2.24, 2.45) is 0 Å². The molecule has 2 aromatic carbocycles. The number of carbonyl (C=O) groups excluding carboxylic acids is 2. The van der Waals surface area contributed by atoms with Crippen LogP contribution in [0.1, 0.15) is 32.3 Å². The molecule has 1 atom stereocenters. The zero-order valence-electron chi connectivity index (χ0n) is 18.1. The fourth-order valence-electron chi connectivity index (χ4n) is 3.16. The van der Waals surface area contributed by atoms with Crippen LogP contribution in [0.2, 0.25) is 0 Å². The van der Waals surface area contributed by atoms with Crippen LogP contribution in [0.5, 0.6) is 11.5 Å². The minimum atomic E-state index is -0.521. The molecule has 1 N–H and O–H groups in total. The summed E-state index contributed by atoms with van der Waals surface area (Å²) in [5.41, 5.74) is 1.12. The van der Waals surface area contributed by atoms with Crippen LogP contribution in [0.15, 0.2) is 54.6 Å². The topological polar surface area (TPSA) is 67.9 Å². The third-order valence-corrected chi connectivity index (χ3v) is 4.84. The predicted octanol–water partition coefficient (Wildman–Crippen LogP) is 3.45. The van der Waals surface area contributed by atoms with Crippen molar-refractivity contribution in [2.75, 3.05) is 26.8 Å². The summed E-state index contributed by atoms with van der Waals surface area (Å²) < 4.78 is 10.8. The molecule has 0 aliphatic rings. The Bertz CT molecular complexity index is 778. The molecule has 2 aromatic rings. The van der Waals surface area contributed by atoms with Crippen molar-refractivity contribution >= 4 is 11.8 Å². The van der Waals surface area contributed by atoms with E-state index in [0.717, 1.165) is 17.7 Å². The van der Waals surface area contributed by atoms with E-state index in [1.165, 1.54) is 0 Å². The van der Waals surface area contributed by atoms with E-state index in [0.29, 0.717) is 31.7 Å². The summed E-state index contributed by atoms with van der Waals surface area (Å²) >= 11 is 0. The number of nitrogens with zero attached hydrogens (tertiary/aromatic N) is 1. The third-order valence-electron chi connectivity index (χ3n) is 4.84. The lowest BCUT2D eigenvalue weighted by Gasteiger charge is -2.30. The van der Waals surface area contributed by atoms with Gasteiger partial charge in [0.25, 0.3) is 5.91 Å². The monoisotopic (exact) mass is 412 g/mol. The molecule has 0 spiro atoms. The van der Waals surface area contributed by atoms with Gasteiger partial charge in [-0.1, -0.05) is 44.2 Å². The maximum atomic E-state index is 13.0. The first kappa shape index (κ1) is 23.3. The lowest BCUT2D eigenvalue weighted by atomic mass is 10.1. The smallest absolute Gasteiger partial charge is 0.261 e. The van der Waals surface area contributed by atoms with Crippen molar-refractivity contribution in [2.45, 2.75) is 39.2 Å². The van der Waals surface area contributed by atoms with E-state index in [9.17, 15) is 9.59 Å². The average molecular weight is 413 g/mol. The largest absolute Gasteiger partial charge is 0.497 e. The Balaban J connectivity index is 2.08. The molecule has 2 amide bonds. The normalized spacial score (nSPS) is 11.4. The number of rotatable bonds is 12. The Morgan fingerprint density at radius 3 is 2.27 bits per heavy atom. The van der Waals surface area contributed by atoms with Gasteiger partial charge in [-0.3, -0.25) is 9.59 Å². The molecule has 6 heteroatoms. The molecule has 0 aliphatic heterocycles. The van der Waals surface area contributed by atoms with Gasteiger partial charge in [0.1, 0.15) is 17.5 Å². The minimum absolute atomic E-state index is 0.120. The average Bonchev–Trinajstić information content (AvgIpc) is 2.79. The molecule has 162 valence electrons. The SMILES string of the molecule is CCCNC(=O)[C@H](CC)N(CCc1ccccc1)C(=O)COc1ccc(OC)cc1. The molecule has 2 rings (SSSR count). The molecule has 6 nitrogen and oxygen atoms in total. The number of carbonyl (C=O) groups is 2. The van der Waals surface area contributed by atoms with Gasteiger partial charge in [0.2, 0.25) is 5.91 Å². The highest BCUT2D eigenvalue weighted by Gasteiger charge is 2.28. The van der Waals surface area contributed by atoms with Crippen LogP contribution in [0.3, 0.4) is 0 Å². The molecule has 0 aromatic heterocycles. The van der Waals surface area contributed by atoms with E-state index in [2.05, 4.69) is 5.32 Å². The number of ether oxygens (including phenoxy) is 2. The number of amides is 2. The minimum Gasteiger partial charge on any atom is -0.497 e. The maximum Gasteiger partial charge on any atom is 0.261 e. The van der Waals surface area contributed by atoms with Crippen molar-refractivity contribution in [3.63, 3.8) is 0 Å². The Morgan fingerprint density at radius 2 is 1.67 bits per heavy atom. The zero-order valence-corrected chi connectivity index (χ0v) is 18.1. The standard InChI is InChI=1S/C24H32N2O4/c1-4-16-25-24(28)22(5-2)26(17-15-19-9-7-6-8-10-19)23(27)18-30-21-13-11-20(29-3)12-14-21/h6-14,22H,4-5,15-18H2,1-3H3,(H,25,28)/t22-/m0/s1. The molecular weight excluding hydrogens is 380 g/mol. The maximum absolute atomic E-state index is 13.0. The van der Waals surface area contributed by atoms with Crippen molar-refractivity contribution in [1.82, 2.24) is 10.2 Å². The second kappa shape index (κ2) is 12.5. The summed E-state index contributed by atoms with van der Waals surface area (Å²) in [6.45, 7) is 4.84. The summed E-state index contributed by atoms with van der Waals surface area (Å²) in [6.07, 6.45) is 2.06. The number of hydrogen-bond acceptors (Lipinski definition) is 4. The van der Waals surface area contributed by atoms with E-state index < -0.39 is 6.04 Å². The van der Waals surface area contributed by atoms with Crippen LogP contribution in [0.25, 0.3) is 0 Å². The Hall–Kier alpha value is -3.02. The highest BCUT2D eigenvalue weighted by Crippen LogP contribution is 2.17. The summed E-state index contributed by atoms with van der Waals surface area (Å²) in [5.74, 6) is 0.970. The molecule has 0 bridgehead atoms. The van der Waals surface area contributed by atoms with Gasteiger partial charge in [-0.2, -0.15) is 0 Å². The Morgan fingerprint density at radius 1 is 1.00 bits per heavy atom. The molecule has 30 heavy (non-hydrogen) atoms. The predicted molar refractivity (Wildman–Crippen MR) is 118 cm³/mol. The molecular formula is C24H32N2O4. The first-order valence-corrected chi connectivity index (χ1v) is 10.5.